The maximum Gasteiger partial charge on any atom is 0.354 e. The molecular weight excluding hydrogens is 318 g/mol. The highest BCUT2D eigenvalue weighted by Gasteiger charge is 2.18. The average molecular weight is 340 g/mol. The third kappa shape index (κ3) is 3.91. The molecule has 4 nitrogen and oxygen atoms in total. The van der Waals surface area contributed by atoms with Crippen molar-refractivity contribution in [3.05, 3.63) is 35.0 Å². The maximum absolute atomic E-state index is 12.0. The van der Waals surface area contributed by atoms with Gasteiger partial charge >= 0.3 is 5.97 Å². The summed E-state index contributed by atoms with van der Waals surface area (Å²) < 4.78 is 12.4. The van der Waals surface area contributed by atoms with Crippen molar-refractivity contribution in [2.45, 2.75) is 32.4 Å². The minimum Gasteiger partial charge on any atom is -0.464 e. The monoisotopic (exact) mass is 339 g/mol. The number of halogens is 1. The molecule has 1 heterocycles. The zero-order chi connectivity index (χ0) is 16.3. The number of esters is 1. The van der Waals surface area contributed by atoms with Crippen molar-refractivity contribution in [1.82, 2.24) is 4.57 Å². The molecule has 0 N–H and O–H groups in total. The van der Waals surface area contributed by atoms with E-state index in [2.05, 4.69) is 19.6 Å². The first-order valence-corrected chi connectivity index (χ1v) is 11.4. The first-order valence-electron chi connectivity index (χ1n) is 7.27. The largest absolute Gasteiger partial charge is 0.464 e. The molecule has 1 aromatic heterocycles. The van der Waals surface area contributed by atoms with Gasteiger partial charge in [-0.05, 0) is 18.2 Å². The fourth-order valence-corrected chi connectivity index (χ4v) is 3.26. The minimum absolute atomic E-state index is 0.294. The number of nitrogens with zero attached hydrogens (tertiary/aromatic N) is 1. The average Bonchev–Trinajstić information content (AvgIpc) is 2.82. The number of methoxy groups -OCH3 is 1. The summed E-state index contributed by atoms with van der Waals surface area (Å²) in [6.07, 6.45) is 0. The summed E-state index contributed by atoms with van der Waals surface area (Å²) in [6.45, 7) is 7.89. The molecule has 0 aliphatic heterocycles. The summed E-state index contributed by atoms with van der Waals surface area (Å²) in [5, 5.41) is 1.50. The number of fused-ring (bicyclic) bond motifs is 1. The van der Waals surface area contributed by atoms with E-state index in [1.807, 2.05) is 18.2 Å². The molecule has 2 aromatic rings. The lowest BCUT2D eigenvalue weighted by atomic mass is 10.2. The topological polar surface area (TPSA) is 40.5 Å². The van der Waals surface area contributed by atoms with Crippen LogP contribution in [0, 0.1) is 0 Å². The van der Waals surface area contributed by atoms with Crippen molar-refractivity contribution in [1.29, 1.82) is 0 Å². The summed E-state index contributed by atoms with van der Waals surface area (Å²) in [4.78, 5) is 12.0. The minimum atomic E-state index is -1.14. The lowest BCUT2D eigenvalue weighted by molar-refractivity contribution is 0.0546. The van der Waals surface area contributed by atoms with Gasteiger partial charge in [0.25, 0.3) is 0 Å². The fraction of sp³-hybridized carbons (Fsp3) is 0.438. The molecule has 0 spiro atoms. The molecule has 0 bridgehead atoms. The lowest BCUT2D eigenvalue weighted by Crippen LogP contribution is -2.22. The molecule has 0 saturated carbocycles. The number of benzene rings is 1. The number of ether oxygens (including phenoxy) is 2. The van der Waals surface area contributed by atoms with Crippen LogP contribution in [0.5, 0.6) is 0 Å². The predicted octanol–water partition coefficient (Wildman–Crippen LogP) is 4.39. The molecule has 0 fully saturated rings. The van der Waals surface area contributed by atoms with Gasteiger partial charge in [0.05, 0.1) is 17.6 Å². The Labute approximate surface area is 137 Å². The molecule has 0 atom stereocenters. The van der Waals surface area contributed by atoms with Crippen molar-refractivity contribution in [2.24, 2.45) is 0 Å². The van der Waals surface area contributed by atoms with Crippen LogP contribution in [0.2, 0.25) is 30.7 Å². The smallest absolute Gasteiger partial charge is 0.354 e. The zero-order valence-electron chi connectivity index (χ0n) is 13.5. The molecule has 0 radical (unpaired) electrons. The highest BCUT2D eigenvalue weighted by Crippen LogP contribution is 2.27. The Morgan fingerprint density at radius 1 is 1.32 bits per heavy atom. The van der Waals surface area contributed by atoms with Crippen molar-refractivity contribution in [2.75, 3.05) is 13.7 Å². The Morgan fingerprint density at radius 2 is 2.05 bits per heavy atom. The maximum atomic E-state index is 12.0. The third-order valence-corrected chi connectivity index (χ3v) is 5.49. The molecule has 0 aliphatic carbocycles. The molecule has 6 heteroatoms. The molecule has 1 aromatic carbocycles. The second-order valence-corrected chi connectivity index (χ2v) is 12.5. The Morgan fingerprint density at radius 3 is 2.68 bits per heavy atom. The van der Waals surface area contributed by atoms with Gasteiger partial charge in [-0.2, -0.15) is 0 Å². The van der Waals surface area contributed by atoms with Gasteiger partial charge in [-0.1, -0.05) is 43.4 Å². The van der Waals surface area contributed by atoms with Crippen LogP contribution >= 0.6 is 11.6 Å². The predicted molar refractivity (Wildman–Crippen MR) is 92.4 cm³/mol. The lowest BCUT2D eigenvalue weighted by Gasteiger charge is -2.16. The first-order chi connectivity index (χ1) is 10.3. The molecule has 0 unspecified atom stereocenters. The van der Waals surface area contributed by atoms with Crippen LogP contribution < -0.4 is 0 Å². The normalized spacial score (nSPS) is 11.9. The molecule has 0 saturated heterocycles. The van der Waals surface area contributed by atoms with Gasteiger partial charge in [-0.3, -0.25) is 0 Å². The highest BCUT2D eigenvalue weighted by atomic mass is 35.5. The summed E-state index contributed by atoms with van der Waals surface area (Å²) in [6, 6.07) is 8.46. The number of para-hydroxylation sites is 1. The number of aromatic nitrogens is 1. The van der Waals surface area contributed by atoms with E-state index in [1.165, 1.54) is 7.11 Å². The van der Waals surface area contributed by atoms with Gasteiger partial charge in [-0.25, -0.2) is 4.79 Å². The van der Waals surface area contributed by atoms with Crippen molar-refractivity contribution >= 4 is 36.5 Å². The Hall–Kier alpha value is -1.30. The zero-order valence-corrected chi connectivity index (χ0v) is 15.2. The number of hydrogen-bond acceptors (Lipinski definition) is 3. The first kappa shape index (κ1) is 17.1. The summed E-state index contributed by atoms with van der Waals surface area (Å²) in [5.74, 6) is -0.388. The van der Waals surface area contributed by atoms with Crippen LogP contribution in [0.4, 0.5) is 0 Å². The van der Waals surface area contributed by atoms with Crippen LogP contribution in [0.3, 0.4) is 0 Å². The van der Waals surface area contributed by atoms with Gasteiger partial charge in [0, 0.05) is 20.1 Å². The molecule has 0 aliphatic rings. The molecule has 22 heavy (non-hydrogen) atoms. The fourth-order valence-electron chi connectivity index (χ4n) is 2.22. The standard InChI is InChI=1S/C16H22ClNO3Si/c1-20-16(19)14-10-12-6-5-7-13(17)15(12)18(14)11-21-8-9-22(2,3)4/h5-7,10H,8-9,11H2,1-4H3. The van der Waals surface area contributed by atoms with Crippen LogP contribution in [0.1, 0.15) is 10.5 Å². The number of rotatable bonds is 6. The van der Waals surface area contributed by atoms with Crippen LogP contribution in [0.15, 0.2) is 24.3 Å². The van der Waals surface area contributed by atoms with Crippen molar-refractivity contribution in [3.63, 3.8) is 0 Å². The molecular formula is C16H22ClNO3Si. The van der Waals surface area contributed by atoms with Crippen molar-refractivity contribution < 1.29 is 14.3 Å². The molecule has 2 rings (SSSR count). The number of hydrogen-bond donors (Lipinski definition) is 0. The van der Waals surface area contributed by atoms with Gasteiger partial charge in [-0.15, -0.1) is 0 Å². The van der Waals surface area contributed by atoms with E-state index in [0.717, 1.165) is 16.9 Å². The molecule has 120 valence electrons. The summed E-state index contributed by atoms with van der Waals surface area (Å²) >= 11 is 6.29. The Kier molecular flexibility index (Phi) is 5.31. The van der Waals surface area contributed by atoms with E-state index >= 15 is 0 Å². The van der Waals surface area contributed by atoms with Crippen LogP contribution in [-0.4, -0.2) is 32.3 Å². The quantitative estimate of drug-likeness (QED) is 0.445. The van der Waals surface area contributed by atoms with E-state index in [4.69, 9.17) is 21.1 Å². The van der Waals surface area contributed by atoms with E-state index in [9.17, 15) is 4.79 Å². The van der Waals surface area contributed by atoms with Crippen LogP contribution in [0.25, 0.3) is 10.9 Å². The van der Waals surface area contributed by atoms with Crippen LogP contribution in [-0.2, 0) is 16.2 Å². The van der Waals surface area contributed by atoms with Gasteiger partial charge < -0.3 is 14.0 Å². The Balaban J connectivity index is 2.27. The van der Waals surface area contributed by atoms with Crippen molar-refractivity contribution in [3.8, 4) is 0 Å². The SMILES string of the molecule is COC(=O)c1cc2cccc(Cl)c2n1COCC[Si](C)(C)C. The van der Waals surface area contributed by atoms with Gasteiger partial charge in [0.1, 0.15) is 12.4 Å². The van der Waals surface area contributed by atoms with E-state index in [-0.39, 0.29) is 5.97 Å². The van der Waals surface area contributed by atoms with E-state index in [0.29, 0.717) is 24.1 Å². The third-order valence-electron chi connectivity index (χ3n) is 3.48. The second kappa shape index (κ2) is 6.85. The number of carbonyl (C=O) groups is 1. The summed E-state index contributed by atoms with van der Waals surface area (Å²) in [7, 11) is 0.235. The van der Waals surface area contributed by atoms with E-state index in [1.54, 1.807) is 10.6 Å². The molecule has 0 amide bonds. The van der Waals surface area contributed by atoms with Gasteiger partial charge in [0.15, 0.2) is 0 Å². The van der Waals surface area contributed by atoms with E-state index < -0.39 is 8.07 Å². The Bertz CT molecular complexity index is 676. The second-order valence-electron chi connectivity index (χ2n) is 6.47. The number of carbonyl (C=O) groups excluding carboxylic acids is 1. The van der Waals surface area contributed by atoms with Gasteiger partial charge in [0.2, 0.25) is 0 Å². The summed E-state index contributed by atoms with van der Waals surface area (Å²) in [5.41, 5.74) is 1.26. The highest BCUT2D eigenvalue weighted by molar-refractivity contribution is 6.76.